The first-order chi connectivity index (χ1) is 8.93. The summed E-state index contributed by atoms with van der Waals surface area (Å²) in [5, 5.41) is 15.2. The average molecular weight is 280 g/mol. The van der Waals surface area contributed by atoms with Crippen molar-refractivity contribution in [2.75, 3.05) is 11.9 Å². The number of hydrogen-bond acceptors (Lipinski definition) is 3. The van der Waals surface area contributed by atoms with Crippen LogP contribution in [0.2, 0.25) is 5.02 Å². The zero-order valence-electron chi connectivity index (χ0n) is 11.3. The first-order valence-corrected chi connectivity index (χ1v) is 6.55. The van der Waals surface area contributed by atoms with Crippen LogP contribution in [0.25, 0.3) is 0 Å². The minimum absolute atomic E-state index is 0.0906. The van der Waals surface area contributed by atoms with Crippen LogP contribution in [-0.4, -0.2) is 18.5 Å². The van der Waals surface area contributed by atoms with Gasteiger partial charge in [-0.2, -0.15) is 5.26 Å². The summed E-state index contributed by atoms with van der Waals surface area (Å²) < 4.78 is 0. The number of nitrogens with one attached hydrogen (secondary N) is 2. The van der Waals surface area contributed by atoms with E-state index in [1.54, 1.807) is 25.1 Å². The highest BCUT2D eigenvalue weighted by atomic mass is 35.5. The Morgan fingerprint density at radius 2 is 2.11 bits per heavy atom. The van der Waals surface area contributed by atoms with Crippen LogP contribution in [0, 0.1) is 17.2 Å². The molecule has 0 bridgehead atoms. The van der Waals surface area contributed by atoms with Gasteiger partial charge in [-0.15, -0.1) is 0 Å². The third kappa shape index (κ3) is 4.80. The molecule has 1 rings (SSSR count). The maximum Gasteiger partial charge on any atom is 0.242 e. The lowest BCUT2D eigenvalue weighted by Gasteiger charge is -2.17. The monoisotopic (exact) mass is 279 g/mol. The van der Waals surface area contributed by atoms with E-state index < -0.39 is 6.04 Å². The Labute approximate surface area is 118 Å². The Morgan fingerprint density at radius 3 is 2.68 bits per heavy atom. The second-order valence-corrected chi connectivity index (χ2v) is 5.22. The predicted octanol–water partition coefficient (Wildman–Crippen LogP) is 2.78. The van der Waals surface area contributed by atoms with Crippen molar-refractivity contribution < 1.29 is 4.79 Å². The fraction of sp³-hybridized carbons (Fsp3) is 0.429. The van der Waals surface area contributed by atoms with Gasteiger partial charge in [-0.3, -0.25) is 4.79 Å². The lowest BCUT2D eigenvalue weighted by molar-refractivity contribution is -0.121. The molecule has 1 aromatic rings. The zero-order valence-corrected chi connectivity index (χ0v) is 12.1. The molecule has 0 aliphatic rings. The number of amides is 1. The molecule has 0 aromatic heterocycles. The summed E-state index contributed by atoms with van der Waals surface area (Å²) in [6, 6.07) is 6.54. The fourth-order valence-electron chi connectivity index (χ4n) is 1.46. The lowest BCUT2D eigenvalue weighted by atomic mass is 10.2. The van der Waals surface area contributed by atoms with Gasteiger partial charge in [0.05, 0.1) is 22.3 Å². The Bertz CT molecular complexity index is 494. The van der Waals surface area contributed by atoms with E-state index in [0.717, 1.165) is 0 Å². The number of anilines is 1. The molecule has 4 nitrogen and oxygen atoms in total. The van der Waals surface area contributed by atoms with E-state index in [4.69, 9.17) is 16.9 Å². The Kier molecular flexibility index (Phi) is 5.65. The Balaban J connectivity index is 2.68. The lowest BCUT2D eigenvalue weighted by Crippen LogP contribution is -2.39. The molecular weight excluding hydrogens is 262 g/mol. The van der Waals surface area contributed by atoms with Gasteiger partial charge in [-0.05, 0) is 31.0 Å². The van der Waals surface area contributed by atoms with Gasteiger partial charge in [0, 0.05) is 6.54 Å². The molecule has 19 heavy (non-hydrogen) atoms. The van der Waals surface area contributed by atoms with Gasteiger partial charge in [0.25, 0.3) is 0 Å². The highest BCUT2D eigenvalue weighted by Gasteiger charge is 2.14. The summed E-state index contributed by atoms with van der Waals surface area (Å²) in [6.45, 7) is 6.46. The smallest absolute Gasteiger partial charge is 0.242 e. The molecule has 0 heterocycles. The molecule has 0 spiro atoms. The van der Waals surface area contributed by atoms with Crippen molar-refractivity contribution in [2.24, 2.45) is 5.92 Å². The van der Waals surface area contributed by atoms with E-state index in [1.807, 2.05) is 19.9 Å². The Morgan fingerprint density at radius 1 is 1.42 bits per heavy atom. The Hall–Kier alpha value is -1.73. The molecule has 1 aromatic carbocycles. The maximum atomic E-state index is 11.8. The number of benzene rings is 1. The molecule has 2 N–H and O–H groups in total. The van der Waals surface area contributed by atoms with Crippen molar-refractivity contribution in [2.45, 2.75) is 26.8 Å². The molecular formula is C14H18ClN3O. The predicted molar refractivity (Wildman–Crippen MR) is 77.1 cm³/mol. The van der Waals surface area contributed by atoms with Gasteiger partial charge < -0.3 is 10.6 Å². The van der Waals surface area contributed by atoms with Crippen LogP contribution in [0.15, 0.2) is 18.2 Å². The molecule has 0 aliphatic heterocycles. The number of carbonyl (C=O) groups excluding carboxylic acids is 1. The van der Waals surface area contributed by atoms with Gasteiger partial charge in [-0.25, -0.2) is 0 Å². The molecule has 5 heteroatoms. The van der Waals surface area contributed by atoms with E-state index in [2.05, 4.69) is 10.6 Å². The minimum Gasteiger partial charge on any atom is -0.373 e. The molecule has 102 valence electrons. The normalized spacial score (nSPS) is 11.8. The number of nitrogens with zero attached hydrogens (tertiary/aromatic N) is 1. The van der Waals surface area contributed by atoms with Crippen LogP contribution in [0.1, 0.15) is 26.3 Å². The second-order valence-electron chi connectivity index (χ2n) is 4.81. The molecule has 0 aliphatic carbocycles. The van der Waals surface area contributed by atoms with Crippen LogP contribution >= 0.6 is 11.6 Å². The third-order valence-electron chi connectivity index (χ3n) is 2.55. The van der Waals surface area contributed by atoms with E-state index in [0.29, 0.717) is 28.7 Å². The standard InChI is InChI=1S/C14H18ClN3O/c1-9(2)8-17-14(19)10(3)18-13-6-11(7-16)4-5-12(13)15/h4-6,9-10,18H,8H2,1-3H3,(H,17,19). The van der Waals surface area contributed by atoms with Crippen molar-refractivity contribution in [1.82, 2.24) is 5.32 Å². The molecule has 1 amide bonds. The molecule has 0 fully saturated rings. The van der Waals surface area contributed by atoms with Gasteiger partial charge in [0.2, 0.25) is 5.91 Å². The largest absolute Gasteiger partial charge is 0.373 e. The molecule has 1 atom stereocenters. The molecule has 0 saturated heterocycles. The maximum absolute atomic E-state index is 11.8. The van der Waals surface area contributed by atoms with Gasteiger partial charge in [0.15, 0.2) is 0 Å². The van der Waals surface area contributed by atoms with Crippen LogP contribution in [0.4, 0.5) is 5.69 Å². The van der Waals surface area contributed by atoms with E-state index in [9.17, 15) is 4.79 Å². The number of carbonyl (C=O) groups is 1. The topological polar surface area (TPSA) is 64.9 Å². The van der Waals surface area contributed by atoms with Crippen molar-refractivity contribution in [3.05, 3.63) is 28.8 Å². The van der Waals surface area contributed by atoms with Gasteiger partial charge in [0.1, 0.15) is 6.04 Å². The number of halogens is 1. The van der Waals surface area contributed by atoms with Gasteiger partial charge >= 0.3 is 0 Å². The van der Waals surface area contributed by atoms with Crippen molar-refractivity contribution in [3.8, 4) is 6.07 Å². The van der Waals surface area contributed by atoms with Crippen LogP contribution in [-0.2, 0) is 4.79 Å². The molecule has 0 radical (unpaired) electrons. The van der Waals surface area contributed by atoms with Crippen LogP contribution in [0.5, 0.6) is 0 Å². The summed E-state index contributed by atoms with van der Waals surface area (Å²) in [4.78, 5) is 11.8. The minimum atomic E-state index is -0.412. The van der Waals surface area contributed by atoms with Crippen LogP contribution in [0.3, 0.4) is 0 Å². The second kappa shape index (κ2) is 7.01. The quantitative estimate of drug-likeness (QED) is 0.871. The average Bonchev–Trinajstić information content (AvgIpc) is 2.38. The van der Waals surface area contributed by atoms with E-state index >= 15 is 0 Å². The summed E-state index contributed by atoms with van der Waals surface area (Å²) in [5.41, 5.74) is 1.09. The SMILES string of the molecule is CC(C)CNC(=O)C(C)Nc1cc(C#N)ccc1Cl. The molecule has 1 unspecified atom stereocenters. The highest BCUT2D eigenvalue weighted by molar-refractivity contribution is 6.33. The first-order valence-electron chi connectivity index (χ1n) is 6.18. The number of nitriles is 1. The number of hydrogen-bond donors (Lipinski definition) is 2. The van der Waals surface area contributed by atoms with Crippen molar-refractivity contribution >= 4 is 23.2 Å². The van der Waals surface area contributed by atoms with Crippen molar-refractivity contribution in [3.63, 3.8) is 0 Å². The fourth-order valence-corrected chi connectivity index (χ4v) is 1.63. The number of rotatable bonds is 5. The summed E-state index contributed by atoms with van der Waals surface area (Å²) in [6.07, 6.45) is 0. The van der Waals surface area contributed by atoms with Crippen molar-refractivity contribution in [1.29, 1.82) is 5.26 Å². The summed E-state index contributed by atoms with van der Waals surface area (Å²) in [7, 11) is 0. The zero-order chi connectivity index (χ0) is 14.4. The van der Waals surface area contributed by atoms with Crippen LogP contribution < -0.4 is 10.6 Å². The van der Waals surface area contributed by atoms with E-state index in [-0.39, 0.29) is 5.91 Å². The van der Waals surface area contributed by atoms with E-state index in [1.165, 1.54) is 0 Å². The first kappa shape index (κ1) is 15.3. The highest BCUT2D eigenvalue weighted by Crippen LogP contribution is 2.23. The van der Waals surface area contributed by atoms with Gasteiger partial charge in [-0.1, -0.05) is 25.4 Å². The molecule has 0 saturated carbocycles. The third-order valence-corrected chi connectivity index (χ3v) is 2.87. The summed E-state index contributed by atoms with van der Waals surface area (Å²) in [5.74, 6) is 0.314. The summed E-state index contributed by atoms with van der Waals surface area (Å²) >= 11 is 6.03.